The van der Waals surface area contributed by atoms with Gasteiger partial charge in [-0.1, -0.05) is 163 Å². The fourth-order valence-corrected chi connectivity index (χ4v) is 4.98. The zero-order valence-electron chi connectivity index (χ0n) is 48.6. The van der Waals surface area contributed by atoms with Gasteiger partial charge in [0.25, 0.3) is 0 Å². The monoisotopic (exact) mass is 651 g/mol. The van der Waals surface area contributed by atoms with E-state index >= 15 is 0 Å². The summed E-state index contributed by atoms with van der Waals surface area (Å²) in [7, 11) is 0. The summed E-state index contributed by atoms with van der Waals surface area (Å²) in [5.41, 5.74) is -3.92. The fourth-order valence-electron chi connectivity index (χ4n) is 4.98. The number of fused-ring (bicyclic) bond motifs is 3. The fraction of sp³-hybridized carbons (Fsp3) is 0. The molecule has 49 heavy (non-hydrogen) atoms. The molecule has 0 fully saturated rings. The van der Waals surface area contributed by atoms with E-state index in [1.165, 1.54) is 24.3 Å². The van der Waals surface area contributed by atoms with E-state index in [1.54, 1.807) is 0 Å². The van der Waals surface area contributed by atoms with Crippen molar-refractivity contribution in [1.29, 1.82) is 0 Å². The third-order valence-corrected chi connectivity index (χ3v) is 7.28. The van der Waals surface area contributed by atoms with Gasteiger partial charge < -0.3 is 4.42 Å². The molecule has 0 atom stereocenters. The van der Waals surface area contributed by atoms with Crippen molar-refractivity contribution < 1.29 is 37.3 Å². The van der Waals surface area contributed by atoms with Crippen LogP contribution in [0.25, 0.3) is 89.5 Å². The first kappa shape index (κ1) is 13.1. The van der Waals surface area contributed by atoms with Crippen LogP contribution in [0.2, 0.25) is 0 Å². The lowest BCUT2D eigenvalue weighted by Gasteiger charge is -2.10. The van der Waals surface area contributed by atoms with Crippen LogP contribution in [0.3, 0.4) is 0 Å². The molecule has 0 spiro atoms. The molecule has 0 saturated heterocycles. The smallest absolute Gasteiger partial charge is 0.164 e. The summed E-state index contributed by atoms with van der Waals surface area (Å²) in [6.07, 6.45) is 0. The molecule has 2 heterocycles. The van der Waals surface area contributed by atoms with Crippen LogP contribution in [-0.2, 0) is 0 Å². The number of hydrogen-bond donors (Lipinski definition) is 0. The standard InChI is InChI=1S/C45H29N3O/c1-3-10-30(11-4-1)32-18-20-34(21-19-32)35-24-28-37(29-25-35)44-46-43(36-26-22-33(23-27-36)31-12-5-2-6-13-31)47-45(48-44)39-15-9-17-41-42(39)38-14-7-8-16-40(38)49-41/h1-29H/i1D,2D,3D,4D,5D,6D,7D,8D,9D,10D,11D,12D,13D,14D,15D,16D,17D,18D,19D,20D,21D,22D,24D,28D. The van der Waals surface area contributed by atoms with Crippen LogP contribution in [0.4, 0.5) is 0 Å². The average molecular weight is 652 g/mol. The number of rotatable bonds is 6. The molecule has 230 valence electrons. The third kappa shape index (κ3) is 5.45. The maximum atomic E-state index is 9.27. The minimum absolute atomic E-state index is 0.00642. The van der Waals surface area contributed by atoms with Gasteiger partial charge >= 0.3 is 0 Å². The van der Waals surface area contributed by atoms with E-state index in [2.05, 4.69) is 15.0 Å². The second-order valence-electron chi connectivity index (χ2n) is 10.2. The molecule has 4 nitrogen and oxygen atoms in total. The van der Waals surface area contributed by atoms with E-state index in [0.29, 0.717) is 0 Å². The van der Waals surface area contributed by atoms with E-state index in [9.17, 15) is 2.74 Å². The Labute approximate surface area is 317 Å². The quantitative estimate of drug-likeness (QED) is 0.179. The maximum absolute atomic E-state index is 9.27. The summed E-state index contributed by atoms with van der Waals surface area (Å²) in [6.45, 7) is 0. The highest BCUT2D eigenvalue weighted by molar-refractivity contribution is 6.11. The topological polar surface area (TPSA) is 51.8 Å². The minimum atomic E-state index is -0.816. The molecule has 9 rings (SSSR count). The van der Waals surface area contributed by atoms with Gasteiger partial charge in [-0.25, -0.2) is 15.0 Å². The van der Waals surface area contributed by atoms with Crippen LogP contribution in [0.1, 0.15) is 32.9 Å². The average Bonchev–Trinajstić information content (AvgIpc) is 3.77. The molecular weight excluding hydrogens is 599 g/mol. The second kappa shape index (κ2) is 12.2. The Hall–Kier alpha value is -6.65. The number of para-hydroxylation sites is 1. The van der Waals surface area contributed by atoms with Gasteiger partial charge in [-0.05, 0) is 45.5 Å². The molecule has 0 bridgehead atoms. The van der Waals surface area contributed by atoms with Crippen molar-refractivity contribution in [2.24, 2.45) is 0 Å². The molecule has 0 unspecified atom stereocenters. The van der Waals surface area contributed by atoms with Crippen molar-refractivity contribution >= 4 is 21.9 Å². The Morgan fingerprint density at radius 1 is 0.347 bits per heavy atom. The normalized spacial score (nSPS) is 18.1. The predicted molar refractivity (Wildman–Crippen MR) is 200 cm³/mol. The van der Waals surface area contributed by atoms with Crippen molar-refractivity contribution in [1.82, 2.24) is 15.0 Å². The predicted octanol–water partition coefficient (Wildman–Crippen LogP) is 11.8. The highest BCUT2D eigenvalue weighted by atomic mass is 16.3. The number of furan rings is 1. The zero-order chi connectivity index (χ0) is 53.5. The van der Waals surface area contributed by atoms with Gasteiger partial charge in [0, 0.05) is 27.5 Å². The Balaban J connectivity index is 1.31. The van der Waals surface area contributed by atoms with Gasteiger partial charge in [-0.3, -0.25) is 0 Å². The first-order valence-electron chi connectivity index (χ1n) is 26.4. The van der Waals surface area contributed by atoms with Gasteiger partial charge in [0.2, 0.25) is 0 Å². The van der Waals surface area contributed by atoms with Crippen molar-refractivity contribution in [3.8, 4) is 67.5 Å². The van der Waals surface area contributed by atoms with Gasteiger partial charge in [-0.2, -0.15) is 0 Å². The molecule has 7 aromatic carbocycles. The van der Waals surface area contributed by atoms with E-state index in [0.717, 1.165) is 6.07 Å². The molecule has 4 heteroatoms. The molecule has 2 aromatic heterocycles. The molecular formula is C45H29N3O. The number of aromatic nitrogens is 3. The van der Waals surface area contributed by atoms with Crippen LogP contribution >= 0.6 is 0 Å². The molecule has 9 aromatic rings. The lowest BCUT2D eigenvalue weighted by atomic mass is 9.99. The Bertz CT molecular complexity index is 3900. The summed E-state index contributed by atoms with van der Waals surface area (Å²) in [4.78, 5) is 13.7. The van der Waals surface area contributed by atoms with Gasteiger partial charge in [0.05, 0.1) is 32.9 Å². The van der Waals surface area contributed by atoms with Gasteiger partial charge in [0.15, 0.2) is 17.5 Å². The summed E-state index contributed by atoms with van der Waals surface area (Å²) < 4.78 is 212. The van der Waals surface area contributed by atoms with Crippen molar-refractivity contribution in [2.75, 3.05) is 0 Å². The van der Waals surface area contributed by atoms with Crippen LogP contribution in [0.5, 0.6) is 0 Å². The molecule has 0 aliphatic carbocycles. The van der Waals surface area contributed by atoms with E-state index in [1.807, 2.05) is 0 Å². The second-order valence-corrected chi connectivity index (χ2v) is 10.2. The largest absolute Gasteiger partial charge is 0.456 e. The van der Waals surface area contributed by atoms with Crippen molar-refractivity contribution in [3.63, 3.8) is 0 Å². The third-order valence-electron chi connectivity index (χ3n) is 7.28. The van der Waals surface area contributed by atoms with E-state index in [4.69, 9.17) is 34.6 Å². The molecule has 0 aliphatic heterocycles. The summed E-state index contributed by atoms with van der Waals surface area (Å²) >= 11 is 0. The Kier molecular flexibility index (Phi) is 3.26. The lowest BCUT2D eigenvalue weighted by molar-refractivity contribution is 0.669. The SMILES string of the molecule is [2H]c1cc(-c2nc(-c3ccc(-c4c([2H])c([2H])c(-c5c([2H])c([2H])c([2H])c([2H])c5[2H])c([2H])c4[2H])c([2H])c3[2H])nc(-c3c([2H])c([2H])c([2H])c4oc5c([2H])c([2H])c([2H])c([2H])c5c34)n2)ccc1-c1c([2H])c([2H])c([2H])c([2H])c1[2H]. The maximum Gasteiger partial charge on any atom is 0.164 e. The number of benzene rings is 7. The number of nitrogens with zero attached hydrogens (tertiary/aromatic N) is 3. The summed E-state index contributed by atoms with van der Waals surface area (Å²) in [5.74, 6) is -1.27. The first-order chi connectivity index (χ1) is 34.2. The van der Waals surface area contributed by atoms with Crippen LogP contribution < -0.4 is 0 Å². The van der Waals surface area contributed by atoms with Gasteiger partial charge in [-0.15, -0.1) is 0 Å². The minimum Gasteiger partial charge on any atom is -0.456 e. The highest BCUT2D eigenvalue weighted by Gasteiger charge is 2.18. The highest BCUT2D eigenvalue weighted by Crippen LogP contribution is 2.37. The van der Waals surface area contributed by atoms with E-state index < -0.39 is 184 Å². The molecule has 0 saturated carbocycles. The lowest BCUT2D eigenvalue weighted by Crippen LogP contribution is -2.00. The molecule has 0 radical (unpaired) electrons. The Morgan fingerprint density at radius 3 is 1.59 bits per heavy atom. The first-order valence-corrected chi connectivity index (χ1v) is 14.4. The van der Waals surface area contributed by atoms with Crippen LogP contribution in [-0.4, -0.2) is 15.0 Å². The van der Waals surface area contributed by atoms with Crippen LogP contribution in [0.15, 0.2) is 180 Å². The Morgan fingerprint density at radius 2 is 0.837 bits per heavy atom. The van der Waals surface area contributed by atoms with E-state index in [-0.39, 0.29) is 50.5 Å². The van der Waals surface area contributed by atoms with Crippen LogP contribution in [0, 0.1) is 0 Å². The van der Waals surface area contributed by atoms with Gasteiger partial charge in [0.1, 0.15) is 11.2 Å². The molecule has 0 aliphatic rings. The molecule has 0 N–H and O–H groups in total. The number of hydrogen-bond acceptors (Lipinski definition) is 4. The van der Waals surface area contributed by atoms with Crippen molar-refractivity contribution in [2.45, 2.75) is 0 Å². The molecule has 0 amide bonds. The summed E-state index contributed by atoms with van der Waals surface area (Å²) in [6, 6.07) is -10.6. The van der Waals surface area contributed by atoms with Crippen molar-refractivity contribution in [3.05, 3.63) is 175 Å². The zero-order valence-corrected chi connectivity index (χ0v) is 24.6. The summed E-state index contributed by atoms with van der Waals surface area (Å²) in [5, 5.41) is -0.568.